The molecule has 0 aliphatic heterocycles. The Morgan fingerprint density at radius 3 is 2.40 bits per heavy atom. The third-order valence-electron chi connectivity index (χ3n) is 2.81. The highest BCUT2D eigenvalue weighted by molar-refractivity contribution is 8.01. The minimum Gasteiger partial charge on any atom is -0.494 e. The Bertz CT molecular complexity index is 724. The van der Waals surface area contributed by atoms with Crippen molar-refractivity contribution in [3.63, 3.8) is 0 Å². The van der Waals surface area contributed by atoms with Crippen molar-refractivity contribution in [2.24, 2.45) is 0 Å². The predicted octanol–water partition coefficient (Wildman–Crippen LogP) is 3.37. The number of anilines is 1. The Kier molecular flexibility index (Phi) is 7.08. The molecule has 134 valence electrons. The van der Waals surface area contributed by atoms with Crippen molar-refractivity contribution in [2.45, 2.75) is 18.1 Å². The zero-order valence-corrected chi connectivity index (χ0v) is 15.4. The van der Waals surface area contributed by atoms with Crippen LogP contribution < -0.4 is 14.8 Å². The fourth-order valence-corrected chi connectivity index (χ4v) is 3.48. The van der Waals surface area contributed by atoms with Crippen LogP contribution in [0, 0.1) is 0 Å². The van der Waals surface area contributed by atoms with E-state index in [4.69, 9.17) is 14.6 Å². The van der Waals surface area contributed by atoms with E-state index >= 15 is 0 Å². The van der Waals surface area contributed by atoms with Gasteiger partial charge in [0.2, 0.25) is 0 Å². The third-order valence-corrected chi connectivity index (χ3v) is 4.90. The highest BCUT2D eigenvalue weighted by atomic mass is 32.2. The van der Waals surface area contributed by atoms with Gasteiger partial charge in [-0.3, -0.25) is 14.9 Å². The second-order valence-corrected chi connectivity index (χ2v) is 6.99. The van der Waals surface area contributed by atoms with Gasteiger partial charge in [-0.05, 0) is 26.0 Å². The number of carbonyl (C=O) groups is 2. The summed E-state index contributed by atoms with van der Waals surface area (Å²) in [6.45, 7) is 4.68. The molecule has 7 nitrogen and oxygen atoms in total. The maximum Gasteiger partial charge on any atom is 0.313 e. The molecule has 0 fully saturated rings. The van der Waals surface area contributed by atoms with Crippen LogP contribution >= 0.6 is 23.1 Å². The number of nitrogens with zero attached hydrogens (tertiary/aromatic N) is 1. The molecule has 1 aromatic carbocycles. The van der Waals surface area contributed by atoms with Gasteiger partial charge in [0.05, 0.1) is 29.4 Å². The van der Waals surface area contributed by atoms with E-state index in [0.717, 1.165) is 16.0 Å². The van der Waals surface area contributed by atoms with Crippen molar-refractivity contribution >= 4 is 40.1 Å². The Morgan fingerprint density at radius 2 is 1.84 bits per heavy atom. The zero-order chi connectivity index (χ0) is 18.2. The molecule has 2 N–H and O–H groups in total. The number of thiazole rings is 1. The fraction of sp³-hybridized carbons (Fsp3) is 0.312. The number of aliphatic carboxylic acids is 1. The van der Waals surface area contributed by atoms with Gasteiger partial charge in [0.25, 0.3) is 5.91 Å². The molecule has 0 saturated heterocycles. The lowest BCUT2D eigenvalue weighted by molar-refractivity contribution is -0.133. The van der Waals surface area contributed by atoms with Gasteiger partial charge >= 0.3 is 5.97 Å². The highest BCUT2D eigenvalue weighted by Gasteiger charge is 2.13. The van der Waals surface area contributed by atoms with Gasteiger partial charge in [-0.2, -0.15) is 0 Å². The van der Waals surface area contributed by atoms with E-state index in [1.807, 2.05) is 13.8 Å². The summed E-state index contributed by atoms with van der Waals surface area (Å²) in [4.78, 5) is 27.1. The first-order chi connectivity index (χ1) is 12.0. The Balaban J connectivity index is 2.10. The monoisotopic (exact) mass is 382 g/mol. The second-order valence-electron chi connectivity index (χ2n) is 4.68. The van der Waals surface area contributed by atoms with Crippen LogP contribution in [0.1, 0.15) is 24.2 Å². The van der Waals surface area contributed by atoms with E-state index in [9.17, 15) is 9.59 Å². The van der Waals surface area contributed by atoms with Gasteiger partial charge in [-0.25, -0.2) is 4.98 Å². The van der Waals surface area contributed by atoms with Crippen LogP contribution in [-0.2, 0) is 4.79 Å². The fourth-order valence-electron chi connectivity index (χ4n) is 1.89. The summed E-state index contributed by atoms with van der Waals surface area (Å²) >= 11 is 2.38. The highest BCUT2D eigenvalue weighted by Crippen LogP contribution is 2.29. The molecule has 0 spiro atoms. The van der Waals surface area contributed by atoms with Crippen LogP contribution in [0.4, 0.5) is 5.13 Å². The van der Waals surface area contributed by atoms with Gasteiger partial charge in [0.15, 0.2) is 5.13 Å². The van der Waals surface area contributed by atoms with Crippen molar-refractivity contribution in [1.82, 2.24) is 4.98 Å². The average Bonchev–Trinajstić information content (AvgIpc) is 3.01. The number of aromatic nitrogens is 1. The molecule has 25 heavy (non-hydrogen) atoms. The number of hydrogen-bond donors (Lipinski definition) is 2. The second kappa shape index (κ2) is 9.28. The van der Waals surface area contributed by atoms with E-state index in [1.54, 1.807) is 18.2 Å². The molecule has 1 amide bonds. The van der Waals surface area contributed by atoms with Crippen LogP contribution in [0.3, 0.4) is 0 Å². The number of ether oxygens (including phenoxy) is 2. The van der Waals surface area contributed by atoms with E-state index in [1.165, 1.54) is 17.5 Å². The summed E-state index contributed by atoms with van der Waals surface area (Å²) in [6.07, 6.45) is 1.54. The van der Waals surface area contributed by atoms with Crippen molar-refractivity contribution in [3.8, 4) is 11.5 Å². The van der Waals surface area contributed by atoms with E-state index in [-0.39, 0.29) is 11.7 Å². The van der Waals surface area contributed by atoms with Crippen molar-refractivity contribution in [1.29, 1.82) is 0 Å². The summed E-state index contributed by atoms with van der Waals surface area (Å²) in [5.74, 6) is -0.193. The predicted molar refractivity (Wildman–Crippen MR) is 97.2 cm³/mol. The summed E-state index contributed by atoms with van der Waals surface area (Å²) in [6, 6.07) is 5.00. The molecule has 1 heterocycles. The maximum atomic E-state index is 12.4. The molecule has 0 saturated carbocycles. The summed E-state index contributed by atoms with van der Waals surface area (Å²) < 4.78 is 11.6. The van der Waals surface area contributed by atoms with Crippen LogP contribution in [-0.4, -0.2) is 40.9 Å². The normalized spacial score (nSPS) is 10.3. The number of carboxylic acids is 1. The molecular weight excluding hydrogens is 364 g/mol. The average molecular weight is 382 g/mol. The largest absolute Gasteiger partial charge is 0.494 e. The third kappa shape index (κ3) is 5.95. The van der Waals surface area contributed by atoms with Crippen LogP contribution in [0.25, 0.3) is 0 Å². The number of hydrogen-bond acceptors (Lipinski definition) is 7. The van der Waals surface area contributed by atoms with Crippen molar-refractivity contribution in [3.05, 3.63) is 30.0 Å². The first kappa shape index (κ1) is 19.1. The maximum absolute atomic E-state index is 12.4. The molecule has 0 bridgehead atoms. The number of carboxylic acid groups (broad SMARTS) is 1. The van der Waals surface area contributed by atoms with Gasteiger partial charge in [0, 0.05) is 11.6 Å². The molecule has 2 rings (SSSR count). The number of amides is 1. The molecule has 0 unspecified atom stereocenters. The molecule has 0 atom stereocenters. The molecule has 9 heteroatoms. The number of benzene rings is 1. The van der Waals surface area contributed by atoms with E-state index < -0.39 is 5.97 Å². The van der Waals surface area contributed by atoms with Gasteiger partial charge in [0.1, 0.15) is 11.5 Å². The standard InChI is InChI=1S/C16H18N2O5S2/c1-3-22-11-5-10(6-12(7-11)23-4-2)15(21)18-16-17-8-14(25-16)24-9-13(19)20/h5-8H,3-4,9H2,1-2H3,(H,19,20)(H,17,18,21). The zero-order valence-electron chi connectivity index (χ0n) is 13.8. The van der Waals surface area contributed by atoms with Gasteiger partial charge in [-0.1, -0.05) is 11.3 Å². The molecule has 2 aromatic rings. The number of thioether (sulfide) groups is 1. The Labute approximate surface area is 153 Å². The number of nitrogens with one attached hydrogen (secondary N) is 1. The van der Waals surface area contributed by atoms with Crippen molar-refractivity contribution in [2.75, 3.05) is 24.3 Å². The summed E-state index contributed by atoms with van der Waals surface area (Å²) in [7, 11) is 0. The molecule has 0 aliphatic carbocycles. The molecule has 0 aliphatic rings. The minimum atomic E-state index is -0.903. The Hall–Kier alpha value is -2.26. The summed E-state index contributed by atoms with van der Waals surface area (Å²) in [5.41, 5.74) is 0.393. The van der Waals surface area contributed by atoms with E-state index in [0.29, 0.717) is 35.4 Å². The summed E-state index contributed by atoms with van der Waals surface area (Å²) in [5, 5.41) is 11.8. The van der Waals surface area contributed by atoms with Crippen LogP contribution in [0.2, 0.25) is 0 Å². The minimum absolute atomic E-state index is 0.0519. The number of carbonyl (C=O) groups excluding carboxylic acids is 1. The topological polar surface area (TPSA) is 97.8 Å². The lowest BCUT2D eigenvalue weighted by atomic mass is 10.2. The van der Waals surface area contributed by atoms with E-state index in [2.05, 4.69) is 10.3 Å². The lowest BCUT2D eigenvalue weighted by Crippen LogP contribution is -2.12. The number of rotatable bonds is 9. The first-order valence-corrected chi connectivity index (χ1v) is 9.34. The smallest absolute Gasteiger partial charge is 0.313 e. The SMILES string of the molecule is CCOc1cc(OCC)cc(C(=O)Nc2ncc(SCC(=O)O)s2)c1. The van der Waals surface area contributed by atoms with Crippen LogP contribution in [0.15, 0.2) is 28.6 Å². The van der Waals surface area contributed by atoms with Crippen molar-refractivity contribution < 1.29 is 24.2 Å². The van der Waals surface area contributed by atoms with Crippen LogP contribution in [0.5, 0.6) is 11.5 Å². The van der Waals surface area contributed by atoms with Gasteiger partial charge < -0.3 is 14.6 Å². The molecular formula is C16H18N2O5S2. The molecule has 1 aromatic heterocycles. The quantitative estimate of drug-likeness (QED) is 0.642. The first-order valence-electron chi connectivity index (χ1n) is 7.54. The van der Waals surface area contributed by atoms with Gasteiger partial charge in [-0.15, -0.1) is 11.8 Å². The lowest BCUT2D eigenvalue weighted by Gasteiger charge is -2.10. The molecule has 0 radical (unpaired) electrons. The Morgan fingerprint density at radius 1 is 1.20 bits per heavy atom.